The molecule has 28 heavy (non-hydrogen) atoms. The molecule has 1 heterocycles. The van der Waals surface area contributed by atoms with Crippen LogP contribution in [0.3, 0.4) is 0 Å². The van der Waals surface area contributed by atoms with Gasteiger partial charge in [-0.15, -0.1) is 0 Å². The molecule has 0 aromatic heterocycles. The van der Waals surface area contributed by atoms with Gasteiger partial charge in [0.05, 0.1) is 12.0 Å². The Morgan fingerprint density at radius 1 is 1.21 bits per heavy atom. The normalized spacial score (nSPS) is 23.6. The maximum absolute atomic E-state index is 13.7. The fourth-order valence-electron chi connectivity index (χ4n) is 4.16. The standard InChI is InChI=1S/C20H35F2N3O3/c1-6-23(4)17(26)16-8-7-13-24(16)25(18(27)19(2,3)14-28-5)15-9-11-20(21,22)12-10-15/h15-16H,6-14H2,1-5H3/t16-/m0/s1. The van der Waals surface area contributed by atoms with Crippen molar-refractivity contribution in [3.8, 4) is 0 Å². The first-order valence-electron chi connectivity index (χ1n) is 10.3. The highest BCUT2D eigenvalue weighted by Gasteiger charge is 2.47. The summed E-state index contributed by atoms with van der Waals surface area (Å²) in [5.74, 6) is -2.86. The van der Waals surface area contributed by atoms with Crippen molar-refractivity contribution in [2.75, 3.05) is 33.9 Å². The molecule has 1 atom stereocenters. The largest absolute Gasteiger partial charge is 0.384 e. The van der Waals surface area contributed by atoms with Gasteiger partial charge in [0.2, 0.25) is 17.7 Å². The molecule has 0 radical (unpaired) electrons. The monoisotopic (exact) mass is 403 g/mol. The predicted molar refractivity (Wildman–Crippen MR) is 103 cm³/mol. The minimum atomic E-state index is -2.67. The number of hydrazine groups is 1. The third kappa shape index (κ3) is 5.00. The molecule has 6 nitrogen and oxygen atoms in total. The lowest BCUT2D eigenvalue weighted by molar-refractivity contribution is -0.179. The number of ether oxygens (including phenoxy) is 1. The number of amides is 2. The van der Waals surface area contributed by atoms with Crippen molar-refractivity contribution in [1.29, 1.82) is 0 Å². The minimum Gasteiger partial charge on any atom is -0.384 e. The van der Waals surface area contributed by atoms with E-state index in [2.05, 4.69) is 0 Å². The molecule has 2 fully saturated rings. The summed E-state index contributed by atoms with van der Waals surface area (Å²) < 4.78 is 32.7. The number of likely N-dealkylation sites (N-methyl/N-ethyl adjacent to an activating group) is 1. The molecule has 2 rings (SSSR count). The van der Waals surface area contributed by atoms with Gasteiger partial charge in [-0.05, 0) is 46.5 Å². The number of carbonyl (C=O) groups is 2. The Morgan fingerprint density at radius 3 is 2.36 bits per heavy atom. The molecule has 0 N–H and O–H groups in total. The summed E-state index contributed by atoms with van der Waals surface area (Å²) in [7, 11) is 3.29. The van der Waals surface area contributed by atoms with Crippen molar-refractivity contribution in [3.05, 3.63) is 0 Å². The van der Waals surface area contributed by atoms with Crippen molar-refractivity contribution in [2.45, 2.75) is 77.3 Å². The summed E-state index contributed by atoms with van der Waals surface area (Å²) in [6.45, 7) is 6.90. The molecular formula is C20H35F2N3O3. The third-order valence-electron chi connectivity index (χ3n) is 5.96. The number of hydrogen-bond donors (Lipinski definition) is 0. The van der Waals surface area contributed by atoms with E-state index in [0.717, 1.165) is 6.42 Å². The average Bonchev–Trinajstić information content (AvgIpc) is 3.11. The molecule has 8 heteroatoms. The van der Waals surface area contributed by atoms with Crippen LogP contribution in [0.15, 0.2) is 0 Å². The zero-order valence-corrected chi connectivity index (χ0v) is 17.8. The number of rotatable bonds is 7. The molecule has 0 bridgehead atoms. The molecule has 1 aliphatic carbocycles. The SMILES string of the molecule is CCN(C)C(=O)[C@@H]1CCCN1N(C(=O)C(C)(C)COC)C1CCC(F)(F)CC1. The Labute approximate surface area is 167 Å². The molecule has 2 amide bonds. The summed E-state index contributed by atoms with van der Waals surface area (Å²) in [5.41, 5.74) is -0.804. The summed E-state index contributed by atoms with van der Waals surface area (Å²) in [5, 5.41) is 3.50. The van der Waals surface area contributed by atoms with Crippen LogP contribution in [-0.2, 0) is 14.3 Å². The van der Waals surface area contributed by atoms with Gasteiger partial charge in [-0.2, -0.15) is 0 Å². The first-order valence-corrected chi connectivity index (χ1v) is 10.3. The molecule has 162 valence electrons. The average molecular weight is 404 g/mol. The maximum Gasteiger partial charge on any atom is 0.248 e. The lowest BCUT2D eigenvalue weighted by Gasteiger charge is -2.46. The topological polar surface area (TPSA) is 53.1 Å². The second-order valence-electron chi connectivity index (χ2n) is 8.73. The highest BCUT2D eigenvalue weighted by Crippen LogP contribution is 2.38. The molecule has 2 aliphatic rings. The number of carbonyl (C=O) groups excluding carboxylic acids is 2. The molecule has 1 aliphatic heterocycles. The number of methoxy groups -OCH3 is 1. The van der Waals surface area contributed by atoms with Crippen LogP contribution >= 0.6 is 0 Å². The maximum atomic E-state index is 13.7. The van der Waals surface area contributed by atoms with Crippen LogP contribution in [0.25, 0.3) is 0 Å². The number of alkyl halides is 2. The lowest BCUT2D eigenvalue weighted by atomic mass is 9.88. The van der Waals surface area contributed by atoms with Gasteiger partial charge >= 0.3 is 0 Å². The van der Waals surface area contributed by atoms with Gasteiger partial charge < -0.3 is 9.64 Å². The molecular weight excluding hydrogens is 368 g/mol. The van der Waals surface area contributed by atoms with Crippen molar-refractivity contribution < 1.29 is 23.1 Å². The quantitative estimate of drug-likeness (QED) is 0.656. The van der Waals surface area contributed by atoms with E-state index < -0.39 is 17.4 Å². The third-order valence-corrected chi connectivity index (χ3v) is 5.96. The van der Waals surface area contributed by atoms with E-state index in [1.807, 2.05) is 11.9 Å². The highest BCUT2D eigenvalue weighted by atomic mass is 19.3. The smallest absolute Gasteiger partial charge is 0.248 e. The van der Waals surface area contributed by atoms with E-state index in [4.69, 9.17) is 4.74 Å². The number of hydrogen-bond acceptors (Lipinski definition) is 4. The van der Waals surface area contributed by atoms with Crippen LogP contribution < -0.4 is 0 Å². The molecule has 0 spiro atoms. The van der Waals surface area contributed by atoms with Gasteiger partial charge in [0.25, 0.3) is 0 Å². The first kappa shape index (κ1) is 23.0. The zero-order chi connectivity index (χ0) is 21.1. The van der Waals surface area contributed by atoms with Crippen molar-refractivity contribution >= 4 is 11.8 Å². The summed E-state index contributed by atoms with van der Waals surface area (Å²) in [4.78, 5) is 28.0. The summed E-state index contributed by atoms with van der Waals surface area (Å²) in [6.07, 6.45) is 1.48. The van der Waals surface area contributed by atoms with Crippen LogP contribution in [-0.4, -0.2) is 78.6 Å². The van der Waals surface area contributed by atoms with Gasteiger partial charge in [0, 0.05) is 46.1 Å². The minimum absolute atomic E-state index is 0.0245. The zero-order valence-electron chi connectivity index (χ0n) is 17.8. The molecule has 0 aromatic carbocycles. The highest BCUT2D eigenvalue weighted by molar-refractivity contribution is 5.85. The van der Waals surface area contributed by atoms with Crippen molar-refractivity contribution in [1.82, 2.24) is 14.9 Å². The Hall–Kier alpha value is -1.28. The van der Waals surface area contributed by atoms with E-state index in [1.165, 1.54) is 0 Å². The van der Waals surface area contributed by atoms with E-state index >= 15 is 0 Å². The van der Waals surface area contributed by atoms with Gasteiger partial charge in [0.15, 0.2) is 0 Å². The summed E-state index contributed by atoms with van der Waals surface area (Å²) >= 11 is 0. The first-order chi connectivity index (χ1) is 13.0. The molecule has 1 saturated carbocycles. The second-order valence-corrected chi connectivity index (χ2v) is 8.73. The van der Waals surface area contributed by atoms with Gasteiger partial charge in [0.1, 0.15) is 6.04 Å². The Balaban J connectivity index is 2.32. The molecule has 1 saturated heterocycles. The van der Waals surface area contributed by atoms with Crippen molar-refractivity contribution in [2.24, 2.45) is 5.41 Å². The predicted octanol–water partition coefficient (Wildman–Crippen LogP) is 2.92. The van der Waals surface area contributed by atoms with Crippen molar-refractivity contribution in [3.63, 3.8) is 0 Å². The van der Waals surface area contributed by atoms with Crippen LogP contribution in [0.4, 0.5) is 8.78 Å². The Morgan fingerprint density at radius 2 is 1.82 bits per heavy atom. The van der Waals surface area contributed by atoms with E-state index in [1.54, 1.807) is 37.9 Å². The fraction of sp³-hybridized carbons (Fsp3) is 0.900. The number of nitrogens with zero attached hydrogens (tertiary/aromatic N) is 3. The van der Waals surface area contributed by atoms with Crippen LogP contribution in [0.5, 0.6) is 0 Å². The van der Waals surface area contributed by atoms with E-state index in [0.29, 0.717) is 19.5 Å². The molecule has 0 aromatic rings. The van der Waals surface area contributed by atoms with Crippen LogP contribution in [0.2, 0.25) is 0 Å². The van der Waals surface area contributed by atoms with E-state index in [9.17, 15) is 18.4 Å². The number of halogens is 2. The summed E-state index contributed by atoms with van der Waals surface area (Å²) in [6, 6.07) is -0.738. The van der Waals surface area contributed by atoms with Crippen LogP contribution in [0.1, 0.15) is 59.3 Å². The van der Waals surface area contributed by atoms with Gasteiger partial charge in [-0.3, -0.25) is 14.6 Å². The fourth-order valence-corrected chi connectivity index (χ4v) is 4.16. The lowest BCUT2D eigenvalue weighted by Crippen LogP contribution is -2.61. The second kappa shape index (κ2) is 9.03. The Bertz CT molecular complexity index is 561. The van der Waals surface area contributed by atoms with Gasteiger partial charge in [-0.25, -0.2) is 13.8 Å². The molecule has 0 unspecified atom stereocenters. The van der Waals surface area contributed by atoms with Gasteiger partial charge in [-0.1, -0.05) is 0 Å². The van der Waals surface area contributed by atoms with Crippen LogP contribution in [0, 0.1) is 5.41 Å². The Kier molecular flexibility index (Phi) is 7.42. The van der Waals surface area contributed by atoms with E-state index in [-0.39, 0.29) is 50.1 Å².